The number of hydrogen-bond acceptors (Lipinski definition) is 4. The normalized spacial score (nSPS) is 15.1. The second-order valence-corrected chi connectivity index (χ2v) is 4.42. The Morgan fingerprint density at radius 3 is 2.81 bits per heavy atom. The molecule has 0 amide bonds. The number of nitrogens with two attached hydrogens (primary N) is 1. The molecule has 0 spiro atoms. The van der Waals surface area contributed by atoms with Crippen LogP contribution in [0.2, 0.25) is 5.02 Å². The van der Waals surface area contributed by atoms with E-state index in [0.717, 1.165) is 12.1 Å². The molecule has 1 aromatic heterocycles. The second kappa shape index (κ2) is 6.20. The molecule has 16 heavy (non-hydrogen) atoms. The Bertz CT molecular complexity index is 309. The number of aryl methyl sites for hydroxylation is 1. The van der Waals surface area contributed by atoms with E-state index in [9.17, 15) is 0 Å². The van der Waals surface area contributed by atoms with E-state index in [0.29, 0.717) is 17.5 Å². The third-order valence-corrected chi connectivity index (χ3v) is 2.85. The summed E-state index contributed by atoms with van der Waals surface area (Å²) in [6, 6.07) is -0.00912. The van der Waals surface area contributed by atoms with Gasteiger partial charge in [-0.15, -0.1) is 0 Å². The molecule has 1 aromatic rings. The molecule has 0 aliphatic carbocycles. The van der Waals surface area contributed by atoms with Gasteiger partial charge in [0.25, 0.3) is 0 Å². The van der Waals surface area contributed by atoms with Crippen LogP contribution >= 0.6 is 11.6 Å². The quantitative estimate of drug-likeness (QED) is 0.586. The van der Waals surface area contributed by atoms with E-state index in [-0.39, 0.29) is 6.04 Å². The minimum absolute atomic E-state index is 0.00912. The average molecular weight is 247 g/mol. The Labute approximate surface area is 101 Å². The van der Waals surface area contributed by atoms with Crippen LogP contribution in [0.1, 0.15) is 25.1 Å². The van der Waals surface area contributed by atoms with Gasteiger partial charge in [0.1, 0.15) is 0 Å². The molecule has 1 heterocycles. The first-order chi connectivity index (χ1) is 7.60. The van der Waals surface area contributed by atoms with Crippen molar-refractivity contribution >= 4 is 11.6 Å². The summed E-state index contributed by atoms with van der Waals surface area (Å²) in [4.78, 5) is 0. The Kier molecular flexibility index (Phi) is 5.21. The van der Waals surface area contributed by atoms with Gasteiger partial charge in [0, 0.05) is 20.8 Å². The predicted octanol–water partition coefficient (Wildman–Crippen LogP) is 1.25. The van der Waals surface area contributed by atoms with Gasteiger partial charge >= 0.3 is 0 Å². The number of ether oxygens (including phenoxy) is 1. The van der Waals surface area contributed by atoms with Crippen LogP contribution in [-0.4, -0.2) is 23.5 Å². The molecule has 0 saturated heterocycles. The standard InChI is InChI=1S/C10H19ClN4O/c1-7(6-16-3)4-9(14-12)10-8(11)5-13-15(10)2/h5,7,9,14H,4,6,12H2,1-3H3. The zero-order valence-corrected chi connectivity index (χ0v) is 10.7. The van der Waals surface area contributed by atoms with Crippen LogP contribution in [0.25, 0.3) is 0 Å². The van der Waals surface area contributed by atoms with E-state index in [1.165, 1.54) is 0 Å². The topological polar surface area (TPSA) is 65.1 Å². The summed E-state index contributed by atoms with van der Waals surface area (Å²) in [5.74, 6) is 5.96. The van der Waals surface area contributed by atoms with Crippen molar-refractivity contribution in [1.29, 1.82) is 0 Å². The Morgan fingerprint density at radius 2 is 2.38 bits per heavy atom. The average Bonchev–Trinajstić information content (AvgIpc) is 2.56. The highest BCUT2D eigenvalue weighted by Gasteiger charge is 2.20. The number of hydrogen-bond donors (Lipinski definition) is 2. The zero-order chi connectivity index (χ0) is 12.1. The van der Waals surface area contributed by atoms with Gasteiger partial charge in [-0.25, -0.2) is 0 Å². The van der Waals surface area contributed by atoms with Crippen molar-refractivity contribution in [1.82, 2.24) is 15.2 Å². The molecule has 2 unspecified atom stereocenters. The predicted molar refractivity (Wildman–Crippen MR) is 63.9 cm³/mol. The molecule has 0 aromatic carbocycles. The number of nitrogens with one attached hydrogen (secondary N) is 1. The van der Waals surface area contributed by atoms with E-state index in [1.54, 1.807) is 18.0 Å². The summed E-state index contributed by atoms with van der Waals surface area (Å²) in [6.07, 6.45) is 2.48. The number of hydrazine groups is 1. The molecule has 92 valence electrons. The first-order valence-electron chi connectivity index (χ1n) is 5.22. The summed E-state index contributed by atoms with van der Waals surface area (Å²) < 4.78 is 6.85. The molecule has 1 rings (SSSR count). The molecule has 0 aliphatic rings. The largest absolute Gasteiger partial charge is 0.384 e. The van der Waals surface area contributed by atoms with Gasteiger partial charge < -0.3 is 4.74 Å². The minimum Gasteiger partial charge on any atom is -0.384 e. The number of methoxy groups -OCH3 is 1. The fraction of sp³-hybridized carbons (Fsp3) is 0.700. The van der Waals surface area contributed by atoms with Crippen LogP contribution in [-0.2, 0) is 11.8 Å². The highest BCUT2D eigenvalue weighted by Crippen LogP contribution is 2.26. The highest BCUT2D eigenvalue weighted by molar-refractivity contribution is 6.31. The molecular formula is C10H19ClN4O. The molecule has 2 atom stereocenters. The fourth-order valence-corrected chi connectivity index (χ4v) is 2.12. The van der Waals surface area contributed by atoms with Crippen molar-refractivity contribution in [3.05, 3.63) is 16.9 Å². The Balaban J connectivity index is 2.74. The van der Waals surface area contributed by atoms with Crippen molar-refractivity contribution in [3.8, 4) is 0 Å². The van der Waals surface area contributed by atoms with Crippen LogP contribution < -0.4 is 11.3 Å². The summed E-state index contributed by atoms with van der Waals surface area (Å²) >= 11 is 6.07. The molecular weight excluding hydrogens is 228 g/mol. The molecule has 0 saturated carbocycles. The highest BCUT2D eigenvalue weighted by atomic mass is 35.5. The van der Waals surface area contributed by atoms with Crippen LogP contribution in [0, 0.1) is 5.92 Å². The maximum Gasteiger partial charge on any atom is 0.0834 e. The second-order valence-electron chi connectivity index (χ2n) is 4.02. The number of rotatable bonds is 6. The first kappa shape index (κ1) is 13.4. The van der Waals surface area contributed by atoms with E-state index < -0.39 is 0 Å². The van der Waals surface area contributed by atoms with Gasteiger partial charge in [-0.2, -0.15) is 5.10 Å². The van der Waals surface area contributed by atoms with E-state index >= 15 is 0 Å². The lowest BCUT2D eigenvalue weighted by molar-refractivity contribution is 0.148. The Morgan fingerprint density at radius 1 is 1.69 bits per heavy atom. The lowest BCUT2D eigenvalue weighted by Crippen LogP contribution is -2.31. The van der Waals surface area contributed by atoms with Gasteiger partial charge in [-0.3, -0.25) is 16.0 Å². The third kappa shape index (κ3) is 3.18. The molecule has 0 radical (unpaired) electrons. The molecule has 0 fully saturated rings. The lowest BCUT2D eigenvalue weighted by Gasteiger charge is -2.20. The van der Waals surface area contributed by atoms with Gasteiger partial charge in [-0.1, -0.05) is 18.5 Å². The zero-order valence-electron chi connectivity index (χ0n) is 9.90. The first-order valence-corrected chi connectivity index (χ1v) is 5.60. The van der Waals surface area contributed by atoms with Crippen molar-refractivity contribution in [3.63, 3.8) is 0 Å². The summed E-state index contributed by atoms with van der Waals surface area (Å²) in [5, 5.41) is 4.73. The van der Waals surface area contributed by atoms with Crippen molar-refractivity contribution in [2.45, 2.75) is 19.4 Å². The van der Waals surface area contributed by atoms with Gasteiger partial charge in [0.2, 0.25) is 0 Å². The Hall–Kier alpha value is -0.620. The van der Waals surface area contributed by atoms with E-state index in [2.05, 4.69) is 17.4 Å². The maximum absolute atomic E-state index is 6.07. The molecule has 0 bridgehead atoms. The molecule has 6 heteroatoms. The number of halogens is 1. The monoisotopic (exact) mass is 246 g/mol. The van der Waals surface area contributed by atoms with Gasteiger partial charge in [-0.05, 0) is 12.3 Å². The maximum atomic E-state index is 6.07. The van der Waals surface area contributed by atoms with Crippen LogP contribution in [0.4, 0.5) is 0 Å². The lowest BCUT2D eigenvalue weighted by atomic mass is 10.0. The van der Waals surface area contributed by atoms with Crippen LogP contribution in [0.3, 0.4) is 0 Å². The summed E-state index contributed by atoms with van der Waals surface area (Å²) in [5.41, 5.74) is 3.68. The minimum atomic E-state index is -0.00912. The van der Waals surface area contributed by atoms with Crippen LogP contribution in [0.5, 0.6) is 0 Å². The van der Waals surface area contributed by atoms with Crippen molar-refractivity contribution < 1.29 is 4.74 Å². The smallest absolute Gasteiger partial charge is 0.0834 e. The van der Waals surface area contributed by atoms with E-state index in [4.69, 9.17) is 22.2 Å². The SMILES string of the molecule is COCC(C)CC(NN)c1c(Cl)cnn1C. The van der Waals surface area contributed by atoms with Crippen molar-refractivity contribution in [2.75, 3.05) is 13.7 Å². The molecule has 3 N–H and O–H groups in total. The number of nitrogens with zero attached hydrogens (tertiary/aromatic N) is 2. The fourth-order valence-electron chi connectivity index (χ4n) is 1.83. The molecule has 0 aliphatic heterocycles. The summed E-state index contributed by atoms with van der Waals surface area (Å²) in [6.45, 7) is 2.81. The summed E-state index contributed by atoms with van der Waals surface area (Å²) in [7, 11) is 3.55. The third-order valence-electron chi connectivity index (χ3n) is 2.56. The van der Waals surface area contributed by atoms with Gasteiger partial charge in [0.15, 0.2) is 0 Å². The van der Waals surface area contributed by atoms with Gasteiger partial charge in [0.05, 0.1) is 23.0 Å². The number of aromatic nitrogens is 2. The van der Waals surface area contributed by atoms with Crippen LogP contribution in [0.15, 0.2) is 6.20 Å². The van der Waals surface area contributed by atoms with Crippen molar-refractivity contribution in [2.24, 2.45) is 18.8 Å². The van der Waals surface area contributed by atoms with E-state index in [1.807, 2.05) is 7.05 Å². The molecule has 5 nitrogen and oxygen atoms in total.